The van der Waals surface area contributed by atoms with Crippen molar-refractivity contribution in [2.45, 2.75) is 31.9 Å². The van der Waals surface area contributed by atoms with Crippen molar-refractivity contribution in [2.24, 2.45) is 4.99 Å². The highest BCUT2D eigenvalue weighted by Gasteiger charge is 2.27. The zero-order chi connectivity index (χ0) is 25.9. The first-order valence-corrected chi connectivity index (χ1v) is 14.3. The van der Waals surface area contributed by atoms with Crippen LogP contribution in [-0.4, -0.2) is 43.0 Å². The summed E-state index contributed by atoms with van der Waals surface area (Å²) in [4.78, 5) is 37.1. The molecule has 0 radical (unpaired) electrons. The molecule has 1 amide bonds. The fourth-order valence-electron chi connectivity index (χ4n) is 3.79. The third kappa shape index (κ3) is 5.75. The van der Waals surface area contributed by atoms with E-state index in [1.54, 1.807) is 35.0 Å². The molecule has 0 bridgehead atoms. The topological polar surface area (TPSA) is 150 Å². The van der Waals surface area contributed by atoms with Gasteiger partial charge in [0, 0.05) is 17.2 Å². The molecule has 1 aliphatic heterocycles. The van der Waals surface area contributed by atoms with Crippen LogP contribution in [0.25, 0.3) is 0 Å². The van der Waals surface area contributed by atoms with E-state index < -0.39 is 18.5 Å². The summed E-state index contributed by atoms with van der Waals surface area (Å²) >= 11 is 0. The van der Waals surface area contributed by atoms with Crippen LogP contribution in [0.4, 0.5) is 5.69 Å². The third-order valence-corrected chi connectivity index (χ3v) is 8.82. The van der Waals surface area contributed by atoms with Crippen molar-refractivity contribution >= 4 is 40.6 Å². The first kappa shape index (κ1) is 25.8. The number of amidine groups is 1. The van der Waals surface area contributed by atoms with E-state index in [1.807, 2.05) is 19.9 Å². The first-order chi connectivity index (χ1) is 17.2. The summed E-state index contributed by atoms with van der Waals surface area (Å²) in [6, 6.07) is 15.2. The highest BCUT2D eigenvalue weighted by Crippen LogP contribution is 2.49. The Bertz CT molecular complexity index is 1410. The van der Waals surface area contributed by atoms with Crippen molar-refractivity contribution in [1.29, 1.82) is 5.26 Å². The second-order valence-corrected chi connectivity index (χ2v) is 11.9. The van der Waals surface area contributed by atoms with Gasteiger partial charge in [0.15, 0.2) is 5.17 Å². The smallest absolute Gasteiger partial charge is 0.356 e. The van der Waals surface area contributed by atoms with Gasteiger partial charge in [-0.3, -0.25) is 14.0 Å². The van der Waals surface area contributed by atoms with Gasteiger partial charge < -0.3 is 19.8 Å². The predicted molar refractivity (Wildman–Crippen MR) is 138 cm³/mol. The molecule has 0 aliphatic carbocycles. The molecule has 0 spiro atoms. The molecule has 188 valence electrons. The highest BCUT2D eigenvalue weighted by molar-refractivity contribution is 8.30. The van der Waals surface area contributed by atoms with Crippen LogP contribution < -0.4 is 10.6 Å². The SMILES string of the molecule is CCn1nc(C)cc1C(=O)NC1=Nc2cc(C#N)ccc2[SH]1CCOCc1ccc(P(=O)(O)O)cc1. The minimum absolute atomic E-state index is 0.0368. The van der Waals surface area contributed by atoms with Crippen molar-refractivity contribution in [2.75, 3.05) is 12.4 Å². The number of aliphatic imine (C=N–C) groups is 1. The van der Waals surface area contributed by atoms with Crippen LogP contribution in [0.3, 0.4) is 0 Å². The van der Waals surface area contributed by atoms with Crippen molar-refractivity contribution in [3.63, 3.8) is 0 Å². The zero-order valence-electron chi connectivity index (χ0n) is 19.7. The molecular formula is C24H26N5O5PS. The van der Waals surface area contributed by atoms with Crippen LogP contribution in [0, 0.1) is 18.3 Å². The Hall–Kier alpha value is -3.26. The molecule has 1 aliphatic rings. The van der Waals surface area contributed by atoms with Crippen LogP contribution in [0.5, 0.6) is 0 Å². The minimum Gasteiger partial charge on any atom is -0.376 e. The van der Waals surface area contributed by atoms with Crippen molar-refractivity contribution < 1.29 is 23.9 Å². The summed E-state index contributed by atoms with van der Waals surface area (Å²) in [5, 5.41) is 17.1. The lowest BCUT2D eigenvalue weighted by atomic mass is 10.2. The summed E-state index contributed by atoms with van der Waals surface area (Å²) in [5.74, 6) is 0.308. The summed E-state index contributed by atoms with van der Waals surface area (Å²) in [7, 11) is -5.30. The quantitative estimate of drug-likeness (QED) is 0.200. The third-order valence-electron chi connectivity index (χ3n) is 5.54. The molecule has 3 aromatic rings. The fraction of sp³-hybridized carbons (Fsp3) is 0.250. The molecular weight excluding hydrogens is 501 g/mol. The lowest BCUT2D eigenvalue weighted by molar-refractivity contribution is 0.0967. The number of ether oxygens (including phenoxy) is 1. The number of hydrogen-bond donors (Lipinski definition) is 4. The Morgan fingerprint density at radius 1 is 1.22 bits per heavy atom. The molecule has 1 atom stereocenters. The van der Waals surface area contributed by atoms with E-state index in [0.717, 1.165) is 16.2 Å². The van der Waals surface area contributed by atoms with Crippen LogP contribution >= 0.6 is 18.5 Å². The molecule has 4 rings (SSSR count). The van der Waals surface area contributed by atoms with E-state index in [9.17, 15) is 24.4 Å². The number of aromatic nitrogens is 2. The van der Waals surface area contributed by atoms with Gasteiger partial charge in [-0.1, -0.05) is 12.1 Å². The molecule has 12 heteroatoms. The number of fused-ring (bicyclic) bond motifs is 1. The number of nitrogens with zero attached hydrogens (tertiary/aromatic N) is 4. The standard InChI is InChI=1S/C24H26N5O5PS/c1-3-29-21(12-16(2)28-29)23(30)27-24-26-20-13-18(14-25)6-9-22(20)36(24)11-10-34-15-17-4-7-19(8-5-17)35(31,32)33/h4-9,12-13,36H,3,10-11,15H2,1-2H3,(H,26,27,30)(H2,31,32,33). The number of hydrogen-bond acceptors (Lipinski definition) is 6. The van der Waals surface area contributed by atoms with Crippen LogP contribution in [0.15, 0.2) is 58.4 Å². The van der Waals surface area contributed by atoms with Crippen molar-refractivity contribution in [3.8, 4) is 6.07 Å². The van der Waals surface area contributed by atoms with Gasteiger partial charge in [-0.05, 0) is 55.8 Å². The van der Waals surface area contributed by atoms with E-state index in [0.29, 0.717) is 41.0 Å². The second kappa shape index (κ2) is 10.8. The van der Waals surface area contributed by atoms with Gasteiger partial charge in [0.2, 0.25) is 0 Å². The minimum atomic E-state index is -4.28. The number of rotatable bonds is 8. The monoisotopic (exact) mass is 527 g/mol. The Balaban J connectivity index is 1.45. The lowest BCUT2D eigenvalue weighted by Gasteiger charge is -2.20. The molecule has 1 unspecified atom stereocenters. The molecule has 36 heavy (non-hydrogen) atoms. The van der Waals surface area contributed by atoms with E-state index in [2.05, 4.69) is 21.5 Å². The first-order valence-electron chi connectivity index (χ1n) is 11.2. The molecule has 0 saturated heterocycles. The predicted octanol–water partition coefficient (Wildman–Crippen LogP) is 2.89. The van der Waals surface area contributed by atoms with Crippen LogP contribution in [-0.2, 0) is 22.5 Å². The number of amides is 1. The normalized spacial score (nSPS) is 15.8. The van der Waals surface area contributed by atoms with Gasteiger partial charge in [0.05, 0.1) is 41.5 Å². The Morgan fingerprint density at radius 2 is 1.97 bits per heavy atom. The van der Waals surface area contributed by atoms with Gasteiger partial charge in [-0.25, -0.2) is 4.99 Å². The molecule has 0 saturated carbocycles. The van der Waals surface area contributed by atoms with E-state index in [1.165, 1.54) is 12.1 Å². The molecule has 2 heterocycles. The number of aryl methyl sites for hydroxylation is 2. The number of carbonyl (C=O) groups excluding carboxylic acids is 1. The van der Waals surface area contributed by atoms with Gasteiger partial charge in [-0.2, -0.15) is 21.3 Å². The van der Waals surface area contributed by atoms with Gasteiger partial charge in [0.1, 0.15) is 5.69 Å². The Morgan fingerprint density at radius 3 is 2.64 bits per heavy atom. The molecule has 1 aromatic heterocycles. The van der Waals surface area contributed by atoms with Crippen LogP contribution in [0.1, 0.15) is 34.2 Å². The van der Waals surface area contributed by atoms with Crippen molar-refractivity contribution in [3.05, 3.63) is 71.0 Å². The fourth-order valence-corrected chi connectivity index (χ4v) is 6.43. The molecule has 2 aromatic carbocycles. The van der Waals surface area contributed by atoms with E-state index in [4.69, 9.17) is 4.74 Å². The average Bonchev–Trinajstić information content (AvgIpc) is 3.40. The summed E-state index contributed by atoms with van der Waals surface area (Å²) < 4.78 is 18.8. The van der Waals surface area contributed by atoms with E-state index in [-0.39, 0.29) is 17.8 Å². The van der Waals surface area contributed by atoms with Gasteiger partial charge >= 0.3 is 7.60 Å². The number of carbonyl (C=O) groups is 1. The Labute approximate surface area is 211 Å². The van der Waals surface area contributed by atoms with Crippen molar-refractivity contribution in [1.82, 2.24) is 15.1 Å². The maximum absolute atomic E-state index is 13.0. The number of thiol groups is 1. The highest BCUT2D eigenvalue weighted by atomic mass is 32.2. The lowest BCUT2D eigenvalue weighted by Crippen LogP contribution is -2.32. The molecule has 3 N–H and O–H groups in total. The van der Waals surface area contributed by atoms with E-state index >= 15 is 0 Å². The number of nitriles is 1. The number of nitrogens with one attached hydrogen (secondary N) is 1. The summed E-state index contributed by atoms with van der Waals surface area (Å²) in [6.07, 6.45) is 0. The molecule has 10 nitrogen and oxygen atoms in total. The van der Waals surface area contributed by atoms with Gasteiger partial charge in [0.25, 0.3) is 5.91 Å². The summed E-state index contributed by atoms with van der Waals surface area (Å²) in [6.45, 7) is 4.97. The Kier molecular flexibility index (Phi) is 7.73. The largest absolute Gasteiger partial charge is 0.376 e. The number of benzene rings is 2. The molecule has 0 fully saturated rings. The maximum atomic E-state index is 13.0. The zero-order valence-corrected chi connectivity index (χ0v) is 21.5. The van der Waals surface area contributed by atoms with Crippen LogP contribution in [0.2, 0.25) is 0 Å². The average molecular weight is 528 g/mol. The maximum Gasteiger partial charge on any atom is 0.356 e. The summed E-state index contributed by atoms with van der Waals surface area (Å²) in [5.41, 5.74) is 3.16. The van der Waals surface area contributed by atoms with Gasteiger partial charge in [-0.15, -0.1) is 0 Å². The second-order valence-electron chi connectivity index (χ2n) is 8.11.